The van der Waals surface area contributed by atoms with Gasteiger partial charge in [-0.2, -0.15) is 0 Å². The number of hydrogen-bond acceptors (Lipinski definition) is 2. The molecule has 3 heteroatoms. The molecule has 0 aromatic heterocycles. The fourth-order valence-electron chi connectivity index (χ4n) is 0.547. The molecule has 11 heavy (non-hydrogen) atoms. The molecule has 3 nitrogen and oxygen atoms in total. The number of carbonyl (C=O) groups excluding carboxylic acids is 1. The molecule has 0 radical (unpaired) electrons. The van der Waals surface area contributed by atoms with Crippen LogP contribution < -0.4 is 10.9 Å². The largest absolute Gasteiger partial charge is 0.291 e. The molecule has 0 unspecified atom stereocenters. The molecule has 0 saturated carbocycles. The lowest BCUT2D eigenvalue weighted by molar-refractivity contribution is -0.122. The molecule has 66 valence electrons. The standard InChI is InChI=1S/C8H18N2O/c1-5-6-7(11)9-10-8(2,3)4/h10H,5-6H2,1-4H3,(H,9,11). The summed E-state index contributed by atoms with van der Waals surface area (Å²) in [5.41, 5.74) is 5.49. The van der Waals surface area contributed by atoms with E-state index in [4.69, 9.17) is 0 Å². The zero-order valence-corrected chi connectivity index (χ0v) is 7.82. The molecule has 0 aliphatic heterocycles. The summed E-state index contributed by atoms with van der Waals surface area (Å²) in [6.07, 6.45) is 1.47. The number of nitrogens with one attached hydrogen (secondary N) is 2. The molecule has 0 aromatic rings. The van der Waals surface area contributed by atoms with Gasteiger partial charge in [0.1, 0.15) is 0 Å². The Kier molecular flexibility index (Phi) is 4.11. The normalized spacial score (nSPS) is 11.3. The van der Waals surface area contributed by atoms with E-state index in [1.165, 1.54) is 0 Å². The first-order valence-electron chi connectivity index (χ1n) is 4.01. The summed E-state index contributed by atoms with van der Waals surface area (Å²) in [5, 5.41) is 0. The molecule has 1 amide bonds. The highest BCUT2D eigenvalue weighted by Gasteiger charge is 2.09. The van der Waals surface area contributed by atoms with E-state index in [1.807, 2.05) is 27.7 Å². The Morgan fingerprint density at radius 2 is 1.91 bits per heavy atom. The number of carbonyl (C=O) groups is 1. The second-order valence-corrected chi connectivity index (χ2v) is 3.67. The van der Waals surface area contributed by atoms with E-state index in [-0.39, 0.29) is 11.4 Å². The Labute approximate surface area is 68.5 Å². The van der Waals surface area contributed by atoms with Gasteiger partial charge in [-0.1, -0.05) is 6.92 Å². The van der Waals surface area contributed by atoms with Gasteiger partial charge in [-0.15, -0.1) is 0 Å². The third-order valence-electron chi connectivity index (χ3n) is 1.05. The fraction of sp³-hybridized carbons (Fsp3) is 0.875. The van der Waals surface area contributed by atoms with Crippen LogP contribution in [0.3, 0.4) is 0 Å². The van der Waals surface area contributed by atoms with E-state index >= 15 is 0 Å². The van der Waals surface area contributed by atoms with Gasteiger partial charge in [0.2, 0.25) is 5.91 Å². The summed E-state index contributed by atoms with van der Waals surface area (Å²) in [5.74, 6) is 0.0578. The molecule has 0 aromatic carbocycles. The van der Waals surface area contributed by atoms with Crippen molar-refractivity contribution in [1.29, 1.82) is 0 Å². The highest BCUT2D eigenvalue weighted by atomic mass is 16.2. The third-order valence-corrected chi connectivity index (χ3v) is 1.05. The summed E-state index contributed by atoms with van der Waals surface area (Å²) >= 11 is 0. The Hall–Kier alpha value is -0.570. The second-order valence-electron chi connectivity index (χ2n) is 3.67. The SMILES string of the molecule is CCCC(=O)NNC(C)(C)C. The van der Waals surface area contributed by atoms with Gasteiger partial charge in [-0.3, -0.25) is 10.2 Å². The van der Waals surface area contributed by atoms with Gasteiger partial charge < -0.3 is 0 Å². The molecule has 0 saturated heterocycles. The van der Waals surface area contributed by atoms with Crippen molar-refractivity contribution >= 4 is 5.91 Å². The van der Waals surface area contributed by atoms with Crippen molar-refractivity contribution in [3.63, 3.8) is 0 Å². The first-order valence-corrected chi connectivity index (χ1v) is 4.01. The van der Waals surface area contributed by atoms with E-state index in [1.54, 1.807) is 0 Å². The quantitative estimate of drug-likeness (QED) is 0.606. The topological polar surface area (TPSA) is 41.1 Å². The van der Waals surface area contributed by atoms with Gasteiger partial charge >= 0.3 is 0 Å². The minimum atomic E-state index is -0.0522. The molecular formula is C8H18N2O. The Morgan fingerprint density at radius 3 is 2.27 bits per heavy atom. The minimum absolute atomic E-state index is 0.0522. The lowest BCUT2D eigenvalue weighted by Crippen LogP contribution is -2.48. The van der Waals surface area contributed by atoms with Gasteiger partial charge in [-0.05, 0) is 27.2 Å². The van der Waals surface area contributed by atoms with Crippen molar-refractivity contribution < 1.29 is 4.79 Å². The van der Waals surface area contributed by atoms with Crippen LogP contribution in [0.25, 0.3) is 0 Å². The first kappa shape index (κ1) is 10.4. The zero-order valence-electron chi connectivity index (χ0n) is 7.82. The van der Waals surface area contributed by atoms with Gasteiger partial charge in [-0.25, -0.2) is 5.43 Å². The average molecular weight is 158 g/mol. The van der Waals surface area contributed by atoms with Crippen LogP contribution in [0.5, 0.6) is 0 Å². The van der Waals surface area contributed by atoms with Crippen molar-refractivity contribution in [2.45, 2.75) is 46.1 Å². The van der Waals surface area contributed by atoms with Gasteiger partial charge in [0.25, 0.3) is 0 Å². The zero-order chi connectivity index (χ0) is 8.91. The lowest BCUT2D eigenvalue weighted by Gasteiger charge is -2.20. The van der Waals surface area contributed by atoms with Crippen LogP contribution in [-0.4, -0.2) is 11.4 Å². The summed E-state index contributed by atoms with van der Waals surface area (Å²) in [7, 11) is 0. The van der Waals surface area contributed by atoms with Crippen LogP contribution in [0.2, 0.25) is 0 Å². The maximum Gasteiger partial charge on any atom is 0.234 e. The predicted octanol–water partition coefficient (Wildman–Crippen LogP) is 1.21. The maximum absolute atomic E-state index is 10.9. The average Bonchev–Trinajstić information content (AvgIpc) is 1.83. The van der Waals surface area contributed by atoms with E-state index in [2.05, 4.69) is 10.9 Å². The number of hydrogen-bond donors (Lipinski definition) is 2. The maximum atomic E-state index is 10.9. The van der Waals surface area contributed by atoms with Gasteiger partial charge in [0, 0.05) is 12.0 Å². The van der Waals surface area contributed by atoms with Crippen molar-refractivity contribution in [1.82, 2.24) is 10.9 Å². The van der Waals surface area contributed by atoms with E-state index in [0.717, 1.165) is 6.42 Å². The van der Waals surface area contributed by atoms with Crippen molar-refractivity contribution in [3.05, 3.63) is 0 Å². The number of hydrazine groups is 1. The Morgan fingerprint density at radius 1 is 1.36 bits per heavy atom. The monoisotopic (exact) mass is 158 g/mol. The van der Waals surface area contributed by atoms with Crippen LogP contribution in [0.15, 0.2) is 0 Å². The predicted molar refractivity (Wildman–Crippen MR) is 45.9 cm³/mol. The molecule has 2 N–H and O–H groups in total. The molecule has 0 aliphatic rings. The summed E-state index contributed by atoms with van der Waals surface area (Å²) < 4.78 is 0. The molecule has 0 bridgehead atoms. The van der Waals surface area contributed by atoms with Crippen molar-refractivity contribution in [2.75, 3.05) is 0 Å². The van der Waals surface area contributed by atoms with Crippen LogP contribution >= 0.6 is 0 Å². The third kappa shape index (κ3) is 7.33. The molecule has 0 fully saturated rings. The minimum Gasteiger partial charge on any atom is -0.291 e. The van der Waals surface area contributed by atoms with Crippen molar-refractivity contribution in [3.8, 4) is 0 Å². The molecular weight excluding hydrogens is 140 g/mol. The molecule has 0 heterocycles. The van der Waals surface area contributed by atoms with Crippen LogP contribution in [0.1, 0.15) is 40.5 Å². The highest BCUT2D eigenvalue weighted by molar-refractivity contribution is 5.75. The number of amides is 1. The van der Waals surface area contributed by atoms with Crippen LogP contribution in [-0.2, 0) is 4.79 Å². The molecule has 0 atom stereocenters. The van der Waals surface area contributed by atoms with E-state index < -0.39 is 0 Å². The van der Waals surface area contributed by atoms with Crippen LogP contribution in [0, 0.1) is 0 Å². The van der Waals surface area contributed by atoms with E-state index in [9.17, 15) is 4.79 Å². The van der Waals surface area contributed by atoms with Gasteiger partial charge in [0.05, 0.1) is 0 Å². The van der Waals surface area contributed by atoms with Crippen LogP contribution in [0.4, 0.5) is 0 Å². The fourth-order valence-corrected chi connectivity index (χ4v) is 0.547. The molecule has 0 rings (SSSR count). The highest BCUT2D eigenvalue weighted by Crippen LogP contribution is 1.95. The summed E-state index contributed by atoms with van der Waals surface area (Å²) in [6, 6.07) is 0. The van der Waals surface area contributed by atoms with Gasteiger partial charge in [0.15, 0.2) is 0 Å². The van der Waals surface area contributed by atoms with Crippen molar-refractivity contribution in [2.24, 2.45) is 0 Å². The second kappa shape index (κ2) is 4.34. The first-order chi connectivity index (χ1) is 4.95. The number of rotatable bonds is 3. The molecule has 0 aliphatic carbocycles. The van der Waals surface area contributed by atoms with E-state index in [0.29, 0.717) is 6.42 Å². The lowest BCUT2D eigenvalue weighted by atomic mass is 10.1. The molecule has 0 spiro atoms. The smallest absolute Gasteiger partial charge is 0.234 e. The summed E-state index contributed by atoms with van der Waals surface area (Å²) in [4.78, 5) is 10.9. The Balaban J connectivity index is 3.46. The summed E-state index contributed by atoms with van der Waals surface area (Å²) in [6.45, 7) is 7.98. The Bertz CT molecular complexity index is 127.